The average molecular weight is 281 g/mol. The zero-order chi connectivity index (χ0) is 13.1. The first kappa shape index (κ1) is 12.9. The van der Waals surface area contributed by atoms with Gasteiger partial charge < -0.3 is 9.64 Å². The van der Waals surface area contributed by atoms with Crippen LogP contribution in [0.3, 0.4) is 0 Å². The number of amides is 1. The Kier molecular flexibility index (Phi) is 3.98. The number of cyclic esters (lactones) is 1. The third-order valence-corrected chi connectivity index (χ3v) is 4.61. The lowest BCUT2D eigenvalue weighted by Gasteiger charge is -2.39. The molecule has 2 aliphatic heterocycles. The van der Waals surface area contributed by atoms with Crippen LogP contribution in [0.1, 0.15) is 24.3 Å². The fourth-order valence-electron chi connectivity index (χ4n) is 2.81. The molecule has 104 valence electrons. The summed E-state index contributed by atoms with van der Waals surface area (Å²) in [5.74, 6) is 0. The molecule has 1 amide bonds. The average Bonchev–Trinajstić information content (AvgIpc) is 2.93. The van der Waals surface area contributed by atoms with Crippen LogP contribution in [-0.2, 0) is 11.3 Å². The van der Waals surface area contributed by atoms with Crippen LogP contribution >= 0.6 is 11.3 Å². The molecule has 6 heteroatoms. The second-order valence-corrected chi connectivity index (χ2v) is 6.07. The summed E-state index contributed by atoms with van der Waals surface area (Å²) in [5.41, 5.74) is 0. The third-order valence-electron chi connectivity index (χ3n) is 3.84. The Hall–Kier alpha value is -1.14. The molecule has 0 aliphatic carbocycles. The lowest BCUT2D eigenvalue weighted by Crippen LogP contribution is -2.49. The summed E-state index contributed by atoms with van der Waals surface area (Å²) in [6.07, 6.45) is 4.78. The van der Waals surface area contributed by atoms with Crippen LogP contribution in [0.2, 0.25) is 0 Å². The Morgan fingerprint density at radius 1 is 1.37 bits per heavy atom. The van der Waals surface area contributed by atoms with E-state index in [1.165, 1.54) is 5.01 Å². The van der Waals surface area contributed by atoms with Crippen molar-refractivity contribution < 1.29 is 9.53 Å². The van der Waals surface area contributed by atoms with Gasteiger partial charge in [0.15, 0.2) is 0 Å². The molecule has 0 bridgehead atoms. The molecule has 3 heterocycles. The minimum atomic E-state index is -0.121. The zero-order valence-corrected chi connectivity index (χ0v) is 11.8. The predicted octanol–water partition coefficient (Wildman–Crippen LogP) is 1.95. The highest BCUT2D eigenvalue weighted by molar-refractivity contribution is 7.09. The molecule has 3 rings (SSSR count). The first-order valence-corrected chi connectivity index (χ1v) is 7.75. The van der Waals surface area contributed by atoms with Crippen molar-refractivity contribution in [2.24, 2.45) is 0 Å². The van der Waals surface area contributed by atoms with Gasteiger partial charge in [0.2, 0.25) is 0 Å². The number of nitrogens with zero attached hydrogens (tertiary/aromatic N) is 3. The SMILES string of the molecule is O=C1OCCCN1C1CCN(Cc2nccs2)CC1. The third kappa shape index (κ3) is 3.06. The van der Waals surface area contributed by atoms with Crippen molar-refractivity contribution in [1.82, 2.24) is 14.8 Å². The van der Waals surface area contributed by atoms with Gasteiger partial charge in [0, 0.05) is 37.3 Å². The number of hydrogen-bond acceptors (Lipinski definition) is 5. The van der Waals surface area contributed by atoms with Crippen molar-refractivity contribution in [3.8, 4) is 0 Å². The van der Waals surface area contributed by atoms with Crippen LogP contribution in [0.5, 0.6) is 0 Å². The molecule has 0 unspecified atom stereocenters. The summed E-state index contributed by atoms with van der Waals surface area (Å²) in [4.78, 5) is 20.4. The van der Waals surface area contributed by atoms with Crippen molar-refractivity contribution in [2.45, 2.75) is 31.8 Å². The molecular weight excluding hydrogens is 262 g/mol. The minimum absolute atomic E-state index is 0.121. The van der Waals surface area contributed by atoms with E-state index in [1.54, 1.807) is 11.3 Å². The van der Waals surface area contributed by atoms with Gasteiger partial charge in [-0.1, -0.05) is 0 Å². The van der Waals surface area contributed by atoms with E-state index in [9.17, 15) is 4.79 Å². The van der Waals surface area contributed by atoms with Crippen LogP contribution in [0.4, 0.5) is 4.79 Å². The second-order valence-electron chi connectivity index (χ2n) is 5.09. The first-order chi connectivity index (χ1) is 9.33. The number of ether oxygens (including phenoxy) is 1. The Morgan fingerprint density at radius 2 is 2.21 bits per heavy atom. The number of carbonyl (C=O) groups is 1. The van der Waals surface area contributed by atoms with Gasteiger partial charge in [0.1, 0.15) is 5.01 Å². The number of thiazole rings is 1. The van der Waals surface area contributed by atoms with Crippen LogP contribution in [0, 0.1) is 0 Å². The summed E-state index contributed by atoms with van der Waals surface area (Å²) in [5, 5.41) is 3.20. The maximum Gasteiger partial charge on any atom is 0.410 e. The fourth-order valence-corrected chi connectivity index (χ4v) is 3.47. The monoisotopic (exact) mass is 281 g/mol. The van der Waals surface area contributed by atoms with Crippen LogP contribution in [0.25, 0.3) is 0 Å². The number of aromatic nitrogens is 1. The Morgan fingerprint density at radius 3 is 2.89 bits per heavy atom. The molecule has 1 aromatic heterocycles. The number of hydrogen-bond donors (Lipinski definition) is 0. The molecule has 0 aromatic carbocycles. The van der Waals surface area contributed by atoms with Gasteiger partial charge in [0.05, 0.1) is 13.2 Å². The van der Waals surface area contributed by atoms with Crippen molar-refractivity contribution in [1.29, 1.82) is 0 Å². The van der Waals surface area contributed by atoms with Crippen molar-refractivity contribution in [3.05, 3.63) is 16.6 Å². The quantitative estimate of drug-likeness (QED) is 0.849. The highest BCUT2D eigenvalue weighted by atomic mass is 32.1. The van der Waals surface area contributed by atoms with Crippen LogP contribution < -0.4 is 0 Å². The number of carbonyl (C=O) groups excluding carboxylic acids is 1. The van der Waals surface area contributed by atoms with Crippen molar-refractivity contribution in [2.75, 3.05) is 26.2 Å². The molecule has 2 fully saturated rings. The van der Waals surface area contributed by atoms with Gasteiger partial charge in [0.25, 0.3) is 0 Å². The molecule has 0 saturated carbocycles. The normalized spacial score (nSPS) is 22.5. The van der Waals surface area contributed by atoms with Crippen molar-refractivity contribution >= 4 is 17.4 Å². The maximum atomic E-state index is 11.7. The molecule has 0 spiro atoms. The first-order valence-electron chi connectivity index (χ1n) is 6.87. The molecule has 2 aliphatic rings. The van der Waals surface area contributed by atoms with Gasteiger partial charge in [-0.3, -0.25) is 4.90 Å². The Balaban J connectivity index is 1.50. The van der Waals surface area contributed by atoms with Crippen LogP contribution in [0.15, 0.2) is 11.6 Å². The van der Waals surface area contributed by atoms with Crippen molar-refractivity contribution in [3.63, 3.8) is 0 Å². The van der Waals surface area contributed by atoms with E-state index in [4.69, 9.17) is 4.74 Å². The summed E-state index contributed by atoms with van der Waals surface area (Å²) >= 11 is 1.71. The Labute approximate surface area is 117 Å². The number of piperidine rings is 1. The van der Waals surface area contributed by atoms with E-state index < -0.39 is 0 Å². The fraction of sp³-hybridized carbons (Fsp3) is 0.692. The number of likely N-dealkylation sites (tertiary alicyclic amines) is 1. The van der Waals surface area contributed by atoms with E-state index in [0.29, 0.717) is 12.6 Å². The van der Waals surface area contributed by atoms with Gasteiger partial charge in [-0.2, -0.15) is 0 Å². The molecule has 2 saturated heterocycles. The number of rotatable bonds is 3. The summed E-state index contributed by atoms with van der Waals surface area (Å²) in [6.45, 7) is 4.45. The van der Waals surface area contributed by atoms with E-state index in [2.05, 4.69) is 9.88 Å². The van der Waals surface area contributed by atoms with E-state index in [-0.39, 0.29) is 6.09 Å². The largest absolute Gasteiger partial charge is 0.449 e. The van der Waals surface area contributed by atoms with Gasteiger partial charge >= 0.3 is 6.09 Å². The molecule has 0 radical (unpaired) electrons. The highest BCUT2D eigenvalue weighted by Gasteiger charge is 2.30. The second kappa shape index (κ2) is 5.88. The molecule has 19 heavy (non-hydrogen) atoms. The molecule has 0 atom stereocenters. The standard InChI is InChI=1S/C13H19N3O2S/c17-13-16(5-1-8-18-13)11-2-6-15(7-3-11)10-12-14-4-9-19-12/h4,9,11H,1-3,5-8,10H2. The van der Waals surface area contributed by atoms with Gasteiger partial charge in [-0.25, -0.2) is 9.78 Å². The predicted molar refractivity (Wildman–Crippen MR) is 73.1 cm³/mol. The molecule has 5 nitrogen and oxygen atoms in total. The van der Waals surface area contributed by atoms with Gasteiger partial charge in [-0.15, -0.1) is 11.3 Å². The summed E-state index contributed by atoms with van der Waals surface area (Å²) in [7, 11) is 0. The van der Waals surface area contributed by atoms with Gasteiger partial charge in [-0.05, 0) is 19.3 Å². The lowest BCUT2D eigenvalue weighted by molar-refractivity contribution is 0.0368. The minimum Gasteiger partial charge on any atom is -0.449 e. The summed E-state index contributed by atoms with van der Waals surface area (Å²) < 4.78 is 5.12. The summed E-state index contributed by atoms with van der Waals surface area (Å²) in [6, 6.07) is 0.361. The topological polar surface area (TPSA) is 45.7 Å². The molecule has 1 aromatic rings. The lowest BCUT2D eigenvalue weighted by atomic mass is 10.0. The van der Waals surface area contributed by atoms with E-state index in [0.717, 1.165) is 45.4 Å². The molecular formula is C13H19N3O2S. The highest BCUT2D eigenvalue weighted by Crippen LogP contribution is 2.21. The van der Waals surface area contributed by atoms with E-state index >= 15 is 0 Å². The van der Waals surface area contributed by atoms with E-state index in [1.807, 2.05) is 16.5 Å². The zero-order valence-electron chi connectivity index (χ0n) is 11.0. The van der Waals surface area contributed by atoms with Crippen LogP contribution in [-0.4, -0.2) is 53.2 Å². The molecule has 0 N–H and O–H groups in total. The Bertz CT molecular complexity index is 416. The maximum absolute atomic E-state index is 11.7. The smallest absolute Gasteiger partial charge is 0.410 e.